The van der Waals surface area contributed by atoms with E-state index in [4.69, 9.17) is 0 Å². The molecule has 0 aliphatic carbocycles. The first kappa shape index (κ1) is 14.4. The number of piperidine rings is 1. The van der Waals surface area contributed by atoms with Gasteiger partial charge < -0.3 is 15.1 Å². The van der Waals surface area contributed by atoms with Crippen molar-refractivity contribution in [3.05, 3.63) is 29.8 Å². The summed E-state index contributed by atoms with van der Waals surface area (Å²) in [5, 5.41) is 3.28. The number of nitrogens with one attached hydrogen (secondary N) is 1. The van der Waals surface area contributed by atoms with Crippen LogP contribution in [0.4, 0.5) is 5.69 Å². The van der Waals surface area contributed by atoms with Crippen molar-refractivity contribution in [2.24, 2.45) is 0 Å². The minimum Gasteiger partial charge on any atom is -0.371 e. The van der Waals surface area contributed by atoms with Gasteiger partial charge in [-0.2, -0.15) is 0 Å². The second-order valence-electron chi connectivity index (χ2n) is 5.78. The van der Waals surface area contributed by atoms with E-state index in [1.54, 1.807) is 0 Å². The van der Waals surface area contributed by atoms with Crippen LogP contribution >= 0.6 is 0 Å². The Kier molecular flexibility index (Phi) is 4.83. The largest absolute Gasteiger partial charge is 0.371 e. The highest BCUT2D eigenvalue weighted by molar-refractivity contribution is 5.48. The van der Waals surface area contributed by atoms with Crippen molar-refractivity contribution in [2.45, 2.75) is 31.8 Å². The van der Waals surface area contributed by atoms with Crippen LogP contribution in [0.3, 0.4) is 0 Å². The van der Waals surface area contributed by atoms with Crippen LogP contribution < -0.4 is 10.2 Å². The molecular formula is C16H27N3. The fraction of sp³-hybridized carbons (Fsp3) is 0.625. The summed E-state index contributed by atoms with van der Waals surface area (Å²) < 4.78 is 0. The van der Waals surface area contributed by atoms with Crippen LogP contribution in [-0.2, 0) is 0 Å². The van der Waals surface area contributed by atoms with Crippen molar-refractivity contribution in [2.75, 3.05) is 39.1 Å². The Morgan fingerprint density at radius 3 is 2.21 bits per heavy atom. The first-order valence-electron chi connectivity index (χ1n) is 7.30. The second kappa shape index (κ2) is 6.40. The van der Waals surface area contributed by atoms with Gasteiger partial charge in [-0.3, -0.25) is 0 Å². The molecule has 106 valence electrons. The third kappa shape index (κ3) is 3.48. The number of hydrogen-bond donors (Lipinski definition) is 1. The van der Waals surface area contributed by atoms with Crippen LogP contribution in [0.1, 0.15) is 31.4 Å². The summed E-state index contributed by atoms with van der Waals surface area (Å²) in [6, 6.07) is 10.2. The molecule has 0 spiro atoms. The first-order valence-corrected chi connectivity index (χ1v) is 7.30. The number of anilines is 1. The lowest BCUT2D eigenvalue weighted by atomic mass is 10.0. The molecule has 2 rings (SSSR count). The Morgan fingerprint density at radius 1 is 1.16 bits per heavy atom. The van der Waals surface area contributed by atoms with Gasteiger partial charge in [0.1, 0.15) is 0 Å². The molecule has 0 saturated carbocycles. The lowest BCUT2D eigenvalue weighted by Crippen LogP contribution is -2.41. The quantitative estimate of drug-likeness (QED) is 0.898. The number of benzene rings is 1. The summed E-state index contributed by atoms with van der Waals surface area (Å²) in [4.78, 5) is 4.86. The molecule has 0 bridgehead atoms. The fourth-order valence-corrected chi connectivity index (χ4v) is 2.78. The molecule has 19 heavy (non-hydrogen) atoms. The highest BCUT2D eigenvalue weighted by atomic mass is 15.2. The Balaban J connectivity index is 1.96. The smallest absolute Gasteiger partial charge is 0.0366 e. The third-order valence-electron chi connectivity index (χ3n) is 4.39. The Labute approximate surface area is 117 Å². The minimum atomic E-state index is 0.425. The van der Waals surface area contributed by atoms with E-state index in [0.717, 1.165) is 6.04 Å². The van der Waals surface area contributed by atoms with Crippen molar-refractivity contribution >= 4 is 5.69 Å². The summed E-state index contributed by atoms with van der Waals surface area (Å²) >= 11 is 0. The van der Waals surface area contributed by atoms with E-state index in [1.165, 1.54) is 37.2 Å². The summed E-state index contributed by atoms with van der Waals surface area (Å²) in [6.07, 6.45) is 2.53. The molecule has 1 aliphatic heterocycles. The monoisotopic (exact) mass is 261 g/mol. The van der Waals surface area contributed by atoms with Gasteiger partial charge in [0.05, 0.1) is 0 Å². The number of nitrogens with zero attached hydrogens (tertiary/aromatic N) is 2. The zero-order valence-electron chi connectivity index (χ0n) is 12.7. The van der Waals surface area contributed by atoms with Gasteiger partial charge >= 0.3 is 0 Å². The topological polar surface area (TPSA) is 18.5 Å². The summed E-state index contributed by atoms with van der Waals surface area (Å²) in [5.41, 5.74) is 2.72. The highest BCUT2D eigenvalue weighted by Crippen LogP contribution is 2.23. The Bertz CT molecular complexity index is 377. The van der Waals surface area contributed by atoms with E-state index < -0.39 is 0 Å². The average Bonchev–Trinajstić information content (AvgIpc) is 2.46. The van der Waals surface area contributed by atoms with Crippen molar-refractivity contribution in [3.8, 4) is 0 Å². The maximum Gasteiger partial charge on any atom is 0.0366 e. The number of hydrogen-bond acceptors (Lipinski definition) is 3. The van der Waals surface area contributed by atoms with Crippen LogP contribution in [0.25, 0.3) is 0 Å². The number of rotatable bonds is 4. The molecule has 0 radical (unpaired) electrons. The predicted octanol–water partition coefficient (Wildman–Crippen LogP) is 2.50. The van der Waals surface area contributed by atoms with Crippen molar-refractivity contribution in [3.63, 3.8) is 0 Å². The molecular weight excluding hydrogens is 234 g/mol. The maximum absolute atomic E-state index is 3.28. The van der Waals surface area contributed by atoms with Gasteiger partial charge in [0.25, 0.3) is 0 Å². The van der Waals surface area contributed by atoms with E-state index in [1.807, 2.05) is 7.05 Å². The van der Waals surface area contributed by atoms with Gasteiger partial charge in [0.15, 0.2) is 0 Å². The van der Waals surface area contributed by atoms with E-state index in [-0.39, 0.29) is 0 Å². The van der Waals surface area contributed by atoms with Gasteiger partial charge in [-0.05, 0) is 58.6 Å². The van der Waals surface area contributed by atoms with E-state index in [9.17, 15) is 0 Å². The van der Waals surface area contributed by atoms with Crippen LogP contribution in [0, 0.1) is 0 Å². The lowest BCUT2D eigenvalue weighted by Gasteiger charge is -2.36. The van der Waals surface area contributed by atoms with Crippen LogP contribution in [0.5, 0.6) is 0 Å². The van der Waals surface area contributed by atoms with Crippen molar-refractivity contribution < 1.29 is 0 Å². The van der Waals surface area contributed by atoms with E-state index in [0.29, 0.717) is 6.04 Å². The van der Waals surface area contributed by atoms with E-state index in [2.05, 4.69) is 60.4 Å². The average molecular weight is 261 g/mol. The Morgan fingerprint density at radius 2 is 1.74 bits per heavy atom. The standard InChI is InChI=1S/C16H27N3/c1-13(17-2)14-5-7-16(8-6-14)19-11-9-15(10-12-19)18(3)4/h5-8,13,15,17H,9-12H2,1-4H3. The molecule has 1 N–H and O–H groups in total. The maximum atomic E-state index is 3.28. The van der Waals surface area contributed by atoms with E-state index >= 15 is 0 Å². The zero-order chi connectivity index (χ0) is 13.8. The molecule has 1 fully saturated rings. The summed E-state index contributed by atoms with van der Waals surface area (Å²) in [7, 11) is 6.38. The van der Waals surface area contributed by atoms with Crippen molar-refractivity contribution in [1.82, 2.24) is 10.2 Å². The highest BCUT2D eigenvalue weighted by Gasteiger charge is 2.20. The third-order valence-corrected chi connectivity index (χ3v) is 4.39. The van der Waals surface area contributed by atoms with Gasteiger partial charge in [-0.15, -0.1) is 0 Å². The van der Waals surface area contributed by atoms with Gasteiger partial charge in [0, 0.05) is 30.9 Å². The molecule has 3 heteroatoms. The molecule has 0 aromatic heterocycles. The molecule has 1 aromatic carbocycles. The van der Waals surface area contributed by atoms with Gasteiger partial charge in [-0.25, -0.2) is 0 Å². The second-order valence-corrected chi connectivity index (χ2v) is 5.78. The fourth-order valence-electron chi connectivity index (χ4n) is 2.78. The molecule has 1 unspecified atom stereocenters. The predicted molar refractivity (Wildman–Crippen MR) is 82.8 cm³/mol. The first-order chi connectivity index (χ1) is 9.11. The summed E-state index contributed by atoms with van der Waals surface area (Å²) in [6.45, 7) is 4.53. The molecule has 1 saturated heterocycles. The molecule has 1 atom stereocenters. The van der Waals surface area contributed by atoms with Gasteiger partial charge in [-0.1, -0.05) is 12.1 Å². The van der Waals surface area contributed by atoms with Crippen LogP contribution in [0.15, 0.2) is 24.3 Å². The van der Waals surface area contributed by atoms with Gasteiger partial charge in [0.2, 0.25) is 0 Å². The molecule has 0 amide bonds. The van der Waals surface area contributed by atoms with Crippen molar-refractivity contribution in [1.29, 1.82) is 0 Å². The molecule has 1 aliphatic rings. The summed E-state index contributed by atoms with van der Waals surface area (Å²) in [5.74, 6) is 0. The lowest BCUT2D eigenvalue weighted by molar-refractivity contribution is 0.249. The Hall–Kier alpha value is -1.06. The normalized spacial score (nSPS) is 18.9. The van der Waals surface area contributed by atoms with Crippen LogP contribution in [0.2, 0.25) is 0 Å². The zero-order valence-corrected chi connectivity index (χ0v) is 12.7. The minimum absolute atomic E-state index is 0.425. The molecule has 3 nitrogen and oxygen atoms in total. The molecule has 1 heterocycles. The van der Waals surface area contributed by atoms with Crippen LogP contribution in [-0.4, -0.2) is 45.2 Å². The SMILES string of the molecule is CNC(C)c1ccc(N2CCC(N(C)C)CC2)cc1. The molecule has 1 aromatic rings.